The summed E-state index contributed by atoms with van der Waals surface area (Å²) in [6.45, 7) is 9.00. The largest absolute Gasteiger partial charge is 0.464 e. The van der Waals surface area contributed by atoms with E-state index in [0.29, 0.717) is 0 Å². The second-order valence-electron chi connectivity index (χ2n) is 10.3. The summed E-state index contributed by atoms with van der Waals surface area (Å²) in [4.78, 5) is 43.5. The Morgan fingerprint density at radius 1 is 0.776 bits per heavy atom. The average Bonchev–Trinajstić information content (AvgIpc) is 3.03. The van der Waals surface area contributed by atoms with Crippen molar-refractivity contribution in [1.82, 2.24) is 19.9 Å². The number of aromatic nitrogens is 4. The first kappa shape index (κ1) is 38.1. The Bertz CT molecular complexity index is 1940. The van der Waals surface area contributed by atoms with Gasteiger partial charge in [0.25, 0.3) is 0 Å². The zero-order valence-corrected chi connectivity index (χ0v) is 29.1. The molecule has 0 aliphatic carbocycles. The van der Waals surface area contributed by atoms with Crippen LogP contribution >= 0.6 is 23.2 Å². The van der Waals surface area contributed by atoms with Crippen molar-refractivity contribution in [2.45, 2.75) is 6.92 Å². The zero-order valence-electron chi connectivity index (χ0n) is 27.6. The van der Waals surface area contributed by atoms with Crippen molar-refractivity contribution in [2.75, 3.05) is 63.2 Å². The first-order valence-electron chi connectivity index (χ1n) is 14.3. The van der Waals surface area contributed by atoms with Crippen LogP contribution in [-0.4, -0.2) is 73.8 Å². The Kier molecular flexibility index (Phi) is 12.6. The molecule has 0 amide bonds. The molecular weight excluding hydrogens is 681 g/mol. The number of rotatable bonds is 9. The number of nitrogens with two attached hydrogens (primary N) is 2. The fourth-order valence-corrected chi connectivity index (χ4v) is 5.10. The number of hydrogen-bond acceptors (Lipinski definition) is 12. The molecule has 0 radical (unpaired) electrons. The van der Waals surface area contributed by atoms with Crippen molar-refractivity contribution in [3.8, 4) is 22.8 Å². The number of carbonyl (C=O) groups is 2. The van der Waals surface area contributed by atoms with E-state index in [0.717, 1.165) is 0 Å². The summed E-state index contributed by atoms with van der Waals surface area (Å²) in [5, 5.41) is 0.484. The monoisotopic (exact) mass is 714 g/mol. The zero-order chi connectivity index (χ0) is 36.7. The SMILES string of the molecule is C=Cc1c(N)nc(-c2ccc(Cl)c(N(C)C)c2F)nc1C(=O)OC.C=Cc1c(N)nc(-c2ccc(Cl)c(N(C)C)c2F)nc1C(=O)OCC. The maximum absolute atomic E-state index is 14.9. The molecule has 2 heterocycles. The van der Waals surface area contributed by atoms with Crippen LogP contribution in [0.2, 0.25) is 10.0 Å². The first-order valence-corrected chi connectivity index (χ1v) is 15.0. The van der Waals surface area contributed by atoms with Crippen molar-refractivity contribution in [1.29, 1.82) is 0 Å². The molecule has 0 unspecified atom stereocenters. The summed E-state index contributed by atoms with van der Waals surface area (Å²) >= 11 is 12.1. The molecule has 2 aromatic heterocycles. The summed E-state index contributed by atoms with van der Waals surface area (Å²) < 4.78 is 39.3. The van der Waals surface area contributed by atoms with E-state index < -0.39 is 23.6 Å². The molecule has 0 bridgehead atoms. The van der Waals surface area contributed by atoms with Crippen LogP contribution in [0.5, 0.6) is 0 Å². The third kappa shape index (κ3) is 8.04. The van der Waals surface area contributed by atoms with Gasteiger partial charge in [0.2, 0.25) is 0 Å². The van der Waals surface area contributed by atoms with Crippen molar-refractivity contribution < 1.29 is 27.8 Å². The van der Waals surface area contributed by atoms with Gasteiger partial charge in [0.1, 0.15) is 11.6 Å². The van der Waals surface area contributed by atoms with Gasteiger partial charge in [-0.15, -0.1) is 0 Å². The summed E-state index contributed by atoms with van der Waals surface area (Å²) in [6.07, 6.45) is 2.70. The van der Waals surface area contributed by atoms with Crippen LogP contribution in [0.25, 0.3) is 34.9 Å². The normalized spacial score (nSPS) is 10.4. The van der Waals surface area contributed by atoms with Crippen molar-refractivity contribution >= 4 is 70.3 Å². The van der Waals surface area contributed by atoms with E-state index in [1.54, 1.807) is 35.1 Å². The number of halogens is 4. The summed E-state index contributed by atoms with van der Waals surface area (Å²) in [5.74, 6) is -2.72. The number of methoxy groups -OCH3 is 1. The molecule has 0 atom stereocenters. The Labute approximate surface area is 292 Å². The molecule has 16 heteroatoms. The predicted molar refractivity (Wildman–Crippen MR) is 190 cm³/mol. The maximum Gasteiger partial charge on any atom is 0.357 e. The molecule has 4 rings (SSSR count). The molecule has 0 fully saturated rings. The minimum Gasteiger partial charge on any atom is -0.464 e. The number of nitrogens with zero attached hydrogens (tertiary/aromatic N) is 6. The highest BCUT2D eigenvalue weighted by Crippen LogP contribution is 2.36. The van der Waals surface area contributed by atoms with E-state index in [9.17, 15) is 18.4 Å². The van der Waals surface area contributed by atoms with E-state index in [2.05, 4.69) is 37.8 Å². The van der Waals surface area contributed by atoms with Gasteiger partial charge in [-0.2, -0.15) is 0 Å². The van der Waals surface area contributed by atoms with Crippen LogP contribution in [0.3, 0.4) is 0 Å². The molecule has 0 aliphatic heterocycles. The van der Waals surface area contributed by atoms with E-state index in [1.807, 2.05) is 0 Å². The van der Waals surface area contributed by atoms with Crippen molar-refractivity contribution in [3.63, 3.8) is 0 Å². The number of hydrogen-bond donors (Lipinski definition) is 2. The number of anilines is 4. The lowest BCUT2D eigenvalue weighted by molar-refractivity contribution is 0.0518. The number of carbonyl (C=O) groups excluding carboxylic acids is 2. The van der Waals surface area contributed by atoms with Gasteiger partial charge in [0.15, 0.2) is 34.7 Å². The average molecular weight is 716 g/mol. The van der Waals surface area contributed by atoms with Crippen LogP contribution in [0.1, 0.15) is 39.0 Å². The minimum absolute atomic E-state index is 0.00352. The van der Waals surface area contributed by atoms with Crippen LogP contribution in [-0.2, 0) is 9.47 Å². The Hall–Kier alpha value is -5.34. The number of benzene rings is 2. The topological polar surface area (TPSA) is 163 Å². The van der Waals surface area contributed by atoms with Gasteiger partial charge in [-0.3, -0.25) is 0 Å². The third-order valence-corrected chi connectivity index (χ3v) is 7.33. The van der Waals surface area contributed by atoms with Crippen molar-refractivity contribution in [2.24, 2.45) is 0 Å². The summed E-state index contributed by atoms with van der Waals surface area (Å²) in [5.41, 5.74) is 12.6. The molecule has 2 aromatic carbocycles. The highest BCUT2D eigenvalue weighted by molar-refractivity contribution is 6.33. The summed E-state index contributed by atoms with van der Waals surface area (Å²) in [7, 11) is 7.84. The van der Waals surface area contributed by atoms with Gasteiger partial charge in [-0.1, -0.05) is 48.5 Å². The van der Waals surface area contributed by atoms with Crippen LogP contribution < -0.4 is 21.3 Å². The lowest BCUT2D eigenvalue weighted by Gasteiger charge is -2.17. The van der Waals surface area contributed by atoms with Crippen LogP contribution in [0, 0.1) is 11.6 Å². The number of ether oxygens (including phenoxy) is 2. The second-order valence-corrected chi connectivity index (χ2v) is 11.1. The van der Waals surface area contributed by atoms with Gasteiger partial charge in [0.05, 0.1) is 46.3 Å². The fourth-order valence-electron chi connectivity index (χ4n) is 4.47. The number of nitrogen functional groups attached to an aromatic ring is 2. The van der Waals surface area contributed by atoms with E-state index in [1.165, 1.54) is 53.3 Å². The molecule has 0 aliphatic rings. The summed E-state index contributed by atoms with van der Waals surface area (Å²) in [6, 6.07) is 5.91. The van der Waals surface area contributed by atoms with Gasteiger partial charge >= 0.3 is 11.9 Å². The third-order valence-electron chi connectivity index (χ3n) is 6.72. The van der Waals surface area contributed by atoms with E-state index in [4.69, 9.17) is 39.4 Å². The Morgan fingerprint density at radius 2 is 1.16 bits per heavy atom. The maximum atomic E-state index is 14.9. The van der Waals surface area contributed by atoms with Gasteiger partial charge < -0.3 is 30.7 Å². The highest BCUT2D eigenvalue weighted by atomic mass is 35.5. The minimum atomic E-state index is -0.720. The molecule has 0 saturated carbocycles. The lowest BCUT2D eigenvalue weighted by atomic mass is 10.1. The molecule has 258 valence electrons. The van der Waals surface area contributed by atoms with Crippen LogP contribution in [0.4, 0.5) is 31.8 Å². The smallest absolute Gasteiger partial charge is 0.357 e. The standard InChI is InChI=1S/C17H18ClFN4O2.C16H16ClFN4O2/c1-5-9-13(17(24)25-6-2)21-16(22-15(9)20)10-7-8-11(18)14(12(10)19)23(3)4;1-5-8-12(16(23)24-4)20-15(21-14(8)19)9-6-7-10(17)13(11(9)18)22(2)3/h5,7-8H,1,6H2,2-4H3,(H2,20,21,22);5-7H,1H2,2-4H3,(H2,19,20,21). The number of esters is 2. The Balaban J connectivity index is 0.000000266. The van der Waals surface area contributed by atoms with Crippen molar-refractivity contribution in [3.05, 3.63) is 81.6 Å². The Morgan fingerprint density at radius 3 is 1.49 bits per heavy atom. The quantitative estimate of drug-likeness (QED) is 0.183. The lowest BCUT2D eigenvalue weighted by Crippen LogP contribution is -2.15. The molecule has 12 nitrogen and oxygen atoms in total. The molecule has 4 aromatic rings. The molecule has 0 spiro atoms. The van der Waals surface area contributed by atoms with Gasteiger partial charge in [-0.05, 0) is 31.2 Å². The van der Waals surface area contributed by atoms with Gasteiger partial charge in [0, 0.05) is 39.3 Å². The highest BCUT2D eigenvalue weighted by Gasteiger charge is 2.24. The van der Waals surface area contributed by atoms with E-state index in [-0.39, 0.29) is 85.0 Å². The van der Waals surface area contributed by atoms with Crippen LogP contribution in [0.15, 0.2) is 37.4 Å². The molecule has 0 saturated heterocycles. The molecular formula is C33H34Cl2F2N8O4. The predicted octanol–water partition coefficient (Wildman–Crippen LogP) is 6.42. The molecule has 4 N–H and O–H groups in total. The van der Waals surface area contributed by atoms with E-state index >= 15 is 0 Å². The van der Waals surface area contributed by atoms with Gasteiger partial charge in [-0.25, -0.2) is 38.3 Å². The molecule has 49 heavy (non-hydrogen) atoms. The first-order chi connectivity index (χ1) is 23.1. The second kappa shape index (κ2) is 16.2. The fraction of sp³-hybridized carbons (Fsp3) is 0.212.